The molecule has 112 valence electrons. The van der Waals surface area contributed by atoms with Crippen LogP contribution >= 0.6 is 0 Å². The molecule has 0 aromatic rings. The van der Waals surface area contributed by atoms with Gasteiger partial charge in [0.2, 0.25) is 0 Å². The molecule has 1 heterocycles. The van der Waals surface area contributed by atoms with Gasteiger partial charge in [0, 0.05) is 18.1 Å². The number of aliphatic hydroxyl groups excluding tert-OH is 1. The van der Waals surface area contributed by atoms with Gasteiger partial charge in [-0.1, -0.05) is 13.8 Å². The van der Waals surface area contributed by atoms with E-state index in [1.165, 1.54) is 38.8 Å². The number of aliphatic hydroxyl groups is 1. The summed E-state index contributed by atoms with van der Waals surface area (Å²) in [7, 11) is 0. The second-order valence-electron chi connectivity index (χ2n) is 6.65. The molecule has 3 nitrogen and oxygen atoms in total. The second-order valence-corrected chi connectivity index (χ2v) is 6.65. The van der Waals surface area contributed by atoms with E-state index in [2.05, 4.69) is 24.1 Å². The Balaban J connectivity index is 1.72. The van der Waals surface area contributed by atoms with Gasteiger partial charge in [-0.05, 0) is 64.0 Å². The molecule has 3 atom stereocenters. The average molecular weight is 268 g/mol. The summed E-state index contributed by atoms with van der Waals surface area (Å²) in [6, 6.07) is 0.888. The van der Waals surface area contributed by atoms with Crippen LogP contribution in [0.25, 0.3) is 0 Å². The SMILES string of the molecule is CCCNC(CC)(CO)CCCN1CC2CCC1C2. The maximum Gasteiger partial charge on any atom is 0.0613 e. The molecule has 0 amide bonds. The van der Waals surface area contributed by atoms with E-state index in [-0.39, 0.29) is 12.1 Å². The number of nitrogens with zero attached hydrogens (tertiary/aromatic N) is 1. The van der Waals surface area contributed by atoms with Gasteiger partial charge in [0.25, 0.3) is 0 Å². The Kier molecular flexibility index (Phi) is 5.67. The molecule has 0 aromatic carbocycles. The zero-order chi connectivity index (χ0) is 13.7. The van der Waals surface area contributed by atoms with Crippen LogP contribution in [0.2, 0.25) is 0 Å². The summed E-state index contributed by atoms with van der Waals surface area (Å²) in [6.45, 7) is 8.24. The lowest BCUT2D eigenvalue weighted by Gasteiger charge is -2.34. The highest BCUT2D eigenvalue weighted by Gasteiger charge is 2.37. The fourth-order valence-electron chi connectivity index (χ4n) is 3.95. The lowest BCUT2D eigenvalue weighted by Crippen LogP contribution is -2.49. The molecule has 1 saturated heterocycles. The van der Waals surface area contributed by atoms with Crippen LogP contribution in [-0.4, -0.2) is 47.8 Å². The average Bonchev–Trinajstić information content (AvgIpc) is 3.05. The molecule has 2 rings (SSSR count). The van der Waals surface area contributed by atoms with Crippen LogP contribution in [-0.2, 0) is 0 Å². The Labute approximate surface area is 118 Å². The highest BCUT2D eigenvalue weighted by atomic mass is 16.3. The van der Waals surface area contributed by atoms with E-state index < -0.39 is 0 Å². The van der Waals surface area contributed by atoms with Crippen LogP contribution in [0, 0.1) is 5.92 Å². The predicted molar refractivity (Wildman–Crippen MR) is 80.3 cm³/mol. The highest BCUT2D eigenvalue weighted by molar-refractivity contribution is 4.93. The number of rotatable bonds is 9. The van der Waals surface area contributed by atoms with E-state index in [0.29, 0.717) is 0 Å². The molecule has 3 heteroatoms. The summed E-state index contributed by atoms with van der Waals surface area (Å²) in [6.07, 6.45) is 8.83. The largest absolute Gasteiger partial charge is 0.394 e. The van der Waals surface area contributed by atoms with E-state index in [1.54, 1.807) is 0 Å². The number of likely N-dealkylation sites (tertiary alicyclic amines) is 1. The van der Waals surface area contributed by atoms with Crippen molar-refractivity contribution in [1.82, 2.24) is 10.2 Å². The van der Waals surface area contributed by atoms with E-state index in [9.17, 15) is 5.11 Å². The zero-order valence-electron chi connectivity index (χ0n) is 12.8. The van der Waals surface area contributed by atoms with Gasteiger partial charge < -0.3 is 15.3 Å². The highest BCUT2D eigenvalue weighted by Crippen LogP contribution is 2.37. The summed E-state index contributed by atoms with van der Waals surface area (Å²) in [4.78, 5) is 2.70. The van der Waals surface area contributed by atoms with Gasteiger partial charge in [-0.25, -0.2) is 0 Å². The zero-order valence-corrected chi connectivity index (χ0v) is 12.8. The maximum atomic E-state index is 9.72. The van der Waals surface area contributed by atoms with Gasteiger partial charge >= 0.3 is 0 Å². The van der Waals surface area contributed by atoms with E-state index in [4.69, 9.17) is 0 Å². The molecule has 3 unspecified atom stereocenters. The molecule has 1 saturated carbocycles. The topological polar surface area (TPSA) is 35.5 Å². The molecular weight excluding hydrogens is 236 g/mol. The number of piperidine rings is 1. The van der Waals surface area contributed by atoms with Gasteiger partial charge in [0.15, 0.2) is 0 Å². The van der Waals surface area contributed by atoms with Gasteiger partial charge in [-0.15, -0.1) is 0 Å². The maximum absolute atomic E-state index is 9.72. The third-order valence-electron chi connectivity index (χ3n) is 5.35. The van der Waals surface area contributed by atoms with Crippen LogP contribution in [0.3, 0.4) is 0 Å². The normalized spacial score (nSPS) is 29.8. The smallest absolute Gasteiger partial charge is 0.0613 e. The lowest BCUT2D eigenvalue weighted by atomic mass is 9.90. The Morgan fingerprint density at radius 3 is 2.68 bits per heavy atom. The van der Waals surface area contributed by atoms with Crippen LogP contribution in [0.5, 0.6) is 0 Å². The summed E-state index contributed by atoms with van der Waals surface area (Å²) in [5.74, 6) is 0.997. The second kappa shape index (κ2) is 7.05. The molecule has 19 heavy (non-hydrogen) atoms. The van der Waals surface area contributed by atoms with Gasteiger partial charge in [0.1, 0.15) is 0 Å². The van der Waals surface area contributed by atoms with Crippen molar-refractivity contribution in [1.29, 1.82) is 0 Å². The summed E-state index contributed by atoms with van der Waals surface area (Å²) in [5.41, 5.74) is -0.0330. The third kappa shape index (κ3) is 3.71. The quantitative estimate of drug-likeness (QED) is 0.674. The van der Waals surface area contributed by atoms with Crippen molar-refractivity contribution < 1.29 is 5.11 Å². The molecule has 0 radical (unpaired) electrons. The molecule has 2 bridgehead atoms. The van der Waals surface area contributed by atoms with Crippen LogP contribution < -0.4 is 5.32 Å². The fourth-order valence-corrected chi connectivity index (χ4v) is 3.95. The molecule has 1 aliphatic carbocycles. The Morgan fingerprint density at radius 1 is 1.32 bits per heavy atom. The summed E-state index contributed by atoms with van der Waals surface area (Å²) >= 11 is 0. The van der Waals surface area contributed by atoms with Crippen molar-refractivity contribution in [3.8, 4) is 0 Å². The Hall–Kier alpha value is -0.120. The number of hydrogen-bond donors (Lipinski definition) is 2. The van der Waals surface area contributed by atoms with Crippen molar-refractivity contribution >= 4 is 0 Å². The lowest BCUT2D eigenvalue weighted by molar-refractivity contribution is 0.134. The van der Waals surface area contributed by atoms with Crippen molar-refractivity contribution in [2.24, 2.45) is 5.92 Å². The third-order valence-corrected chi connectivity index (χ3v) is 5.35. The minimum Gasteiger partial charge on any atom is -0.394 e. The molecule has 1 aliphatic heterocycles. The van der Waals surface area contributed by atoms with E-state index in [1.807, 2.05) is 0 Å². The minimum absolute atomic E-state index is 0.0330. The summed E-state index contributed by atoms with van der Waals surface area (Å²) < 4.78 is 0. The molecule has 0 spiro atoms. The van der Waals surface area contributed by atoms with Gasteiger partial charge in [-0.2, -0.15) is 0 Å². The van der Waals surface area contributed by atoms with E-state index >= 15 is 0 Å². The molecule has 2 aliphatic rings. The first-order chi connectivity index (χ1) is 9.23. The van der Waals surface area contributed by atoms with Crippen LogP contribution in [0.1, 0.15) is 58.8 Å². The fraction of sp³-hybridized carbons (Fsp3) is 1.00. The minimum atomic E-state index is -0.0330. The van der Waals surface area contributed by atoms with Gasteiger partial charge in [0.05, 0.1) is 6.61 Å². The van der Waals surface area contributed by atoms with Crippen molar-refractivity contribution in [3.05, 3.63) is 0 Å². The van der Waals surface area contributed by atoms with Crippen molar-refractivity contribution in [2.75, 3.05) is 26.2 Å². The molecule has 0 aromatic heterocycles. The molecular formula is C16H32N2O. The Bertz CT molecular complexity index is 265. The molecule has 2 fully saturated rings. The number of nitrogens with one attached hydrogen (secondary N) is 1. The van der Waals surface area contributed by atoms with Crippen molar-refractivity contribution in [2.45, 2.75) is 70.4 Å². The first kappa shape index (κ1) is 15.3. The van der Waals surface area contributed by atoms with Crippen LogP contribution in [0.4, 0.5) is 0 Å². The summed E-state index contributed by atoms with van der Waals surface area (Å²) in [5, 5.41) is 13.3. The number of hydrogen-bond acceptors (Lipinski definition) is 3. The predicted octanol–water partition coefficient (Wildman–Crippen LogP) is 2.39. The number of fused-ring (bicyclic) bond motifs is 2. The van der Waals surface area contributed by atoms with Crippen molar-refractivity contribution in [3.63, 3.8) is 0 Å². The van der Waals surface area contributed by atoms with E-state index in [0.717, 1.165) is 37.8 Å². The Morgan fingerprint density at radius 2 is 2.16 bits per heavy atom. The standard InChI is InChI=1S/C16H32N2O/c1-3-9-17-16(4-2,13-19)8-5-10-18-12-14-6-7-15(18)11-14/h14-15,17,19H,3-13H2,1-2H3. The first-order valence-electron chi connectivity index (χ1n) is 8.33. The van der Waals surface area contributed by atoms with Crippen LogP contribution in [0.15, 0.2) is 0 Å². The monoisotopic (exact) mass is 268 g/mol. The van der Waals surface area contributed by atoms with Gasteiger partial charge in [-0.3, -0.25) is 0 Å². The first-order valence-corrected chi connectivity index (χ1v) is 8.33. The molecule has 2 N–H and O–H groups in total.